The van der Waals surface area contributed by atoms with E-state index in [2.05, 4.69) is 17.6 Å². The van der Waals surface area contributed by atoms with Crippen LogP contribution in [-0.4, -0.2) is 57.1 Å². The van der Waals surface area contributed by atoms with Crippen molar-refractivity contribution in [3.8, 4) is 23.0 Å². The molecule has 196 valence electrons. The SMILES string of the molecule is COc1ccc(OCCC(=O)N[C@H](CNC[C@@H]2CC[C@H](C)C2)[C@H](O)c2ccc3c(c2)OCCO3)cc1. The monoisotopic (exact) mass is 498 g/mol. The average Bonchev–Trinajstić information content (AvgIpc) is 3.32. The molecule has 8 nitrogen and oxygen atoms in total. The first-order chi connectivity index (χ1) is 17.5. The summed E-state index contributed by atoms with van der Waals surface area (Å²) in [5.74, 6) is 3.92. The van der Waals surface area contributed by atoms with Gasteiger partial charge < -0.3 is 34.7 Å². The zero-order chi connectivity index (χ0) is 25.3. The van der Waals surface area contributed by atoms with E-state index < -0.39 is 12.1 Å². The number of carbonyl (C=O) groups is 1. The van der Waals surface area contributed by atoms with Gasteiger partial charge in [-0.3, -0.25) is 4.79 Å². The highest BCUT2D eigenvalue weighted by atomic mass is 16.6. The summed E-state index contributed by atoms with van der Waals surface area (Å²) < 4.78 is 22.1. The summed E-state index contributed by atoms with van der Waals surface area (Å²) in [6.07, 6.45) is 2.98. The fourth-order valence-electron chi connectivity index (χ4n) is 4.88. The molecule has 0 radical (unpaired) electrons. The Kier molecular flexibility index (Phi) is 9.30. The van der Waals surface area contributed by atoms with E-state index in [1.54, 1.807) is 25.3 Å². The number of benzene rings is 2. The molecule has 0 aromatic heterocycles. The molecule has 8 heteroatoms. The quantitative estimate of drug-likeness (QED) is 0.412. The van der Waals surface area contributed by atoms with E-state index in [1.165, 1.54) is 19.3 Å². The van der Waals surface area contributed by atoms with Crippen LogP contribution in [0.4, 0.5) is 0 Å². The molecule has 2 aromatic rings. The van der Waals surface area contributed by atoms with E-state index >= 15 is 0 Å². The molecule has 3 N–H and O–H groups in total. The van der Waals surface area contributed by atoms with Crippen LogP contribution in [0.5, 0.6) is 23.0 Å². The van der Waals surface area contributed by atoms with Crippen LogP contribution >= 0.6 is 0 Å². The lowest BCUT2D eigenvalue weighted by Crippen LogP contribution is -2.47. The van der Waals surface area contributed by atoms with Crippen LogP contribution in [0, 0.1) is 11.8 Å². The Labute approximate surface area is 213 Å². The molecule has 4 atom stereocenters. The van der Waals surface area contributed by atoms with Gasteiger partial charge in [-0.15, -0.1) is 0 Å². The van der Waals surface area contributed by atoms with Gasteiger partial charge in [0.15, 0.2) is 11.5 Å². The van der Waals surface area contributed by atoms with Gasteiger partial charge in [-0.05, 0) is 73.2 Å². The van der Waals surface area contributed by atoms with Crippen molar-refractivity contribution < 1.29 is 28.8 Å². The molecule has 0 bridgehead atoms. The van der Waals surface area contributed by atoms with Crippen molar-refractivity contribution in [2.75, 3.05) is 40.0 Å². The van der Waals surface area contributed by atoms with Crippen molar-refractivity contribution in [2.24, 2.45) is 11.8 Å². The van der Waals surface area contributed by atoms with Crippen LogP contribution in [0.1, 0.15) is 44.3 Å². The van der Waals surface area contributed by atoms with E-state index in [0.717, 1.165) is 18.2 Å². The highest BCUT2D eigenvalue weighted by molar-refractivity contribution is 5.76. The molecule has 0 unspecified atom stereocenters. The van der Waals surface area contributed by atoms with Crippen LogP contribution in [0.2, 0.25) is 0 Å². The number of amides is 1. The minimum Gasteiger partial charge on any atom is -0.497 e. The fourth-order valence-corrected chi connectivity index (χ4v) is 4.88. The molecular formula is C28H38N2O6. The van der Waals surface area contributed by atoms with Crippen molar-refractivity contribution in [1.29, 1.82) is 0 Å². The van der Waals surface area contributed by atoms with E-state index in [0.29, 0.717) is 48.5 Å². The van der Waals surface area contributed by atoms with Gasteiger partial charge in [-0.2, -0.15) is 0 Å². The maximum absolute atomic E-state index is 12.8. The third-order valence-electron chi connectivity index (χ3n) is 6.89. The summed E-state index contributed by atoms with van der Waals surface area (Å²) in [6, 6.07) is 12.2. The molecule has 1 aliphatic heterocycles. The number of aliphatic hydroxyl groups is 1. The van der Waals surface area contributed by atoms with Crippen molar-refractivity contribution >= 4 is 5.91 Å². The maximum atomic E-state index is 12.8. The lowest BCUT2D eigenvalue weighted by atomic mass is 10.0. The largest absolute Gasteiger partial charge is 0.497 e. The third kappa shape index (κ3) is 7.27. The highest BCUT2D eigenvalue weighted by Gasteiger charge is 2.26. The van der Waals surface area contributed by atoms with Gasteiger partial charge in [0.25, 0.3) is 0 Å². The van der Waals surface area contributed by atoms with Crippen LogP contribution in [-0.2, 0) is 4.79 Å². The number of hydrogen-bond acceptors (Lipinski definition) is 7. The zero-order valence-electron chi connectivity index (χ0n) is 21.2. The summed E-state index contributed by atoms with van der Waals surface area (Å²) in [4.78, 5) is 12.8. The van der Waals surface area contributed by atoms with Crippen LogP contribution < -0.4 is 29.6 Å². The van der Waals surface area contributed by atoms with Crippen molar-refractivity contribution in [2.45, 2.75) is 44.8 Å². The molecule has 1 amide bonds. The number of hydrogen-bond donors (Lipinski definition) is 3. The number of methoxy groups -OCH3 is 1. The van der Waals surface area contributed by atoms with Gasteiger partial charge >= 0.3 is 0 Å². The minimum absolute atomic E-state index is 0.177. The Bertz CT molecular complexity index is 983. The Morgan fingerprint density at radius 2 is 1.83 bits per heavy atom. The number of fused-ring (bicyclic) bond motifs is 1. The molecule has 2 aliphatic rings. The zero-order valence-corrected chi connectivity index (χ0v) is 21.2. The first-order valence-corrected chi connectivity index (χ1v) is 12.9. The second-order valence-electron chi connectivity index (χ2n) is 9.74. The van der Waals surface area contributed by atoms with Gasteiger partial charge in [0.1, 0.15) is 30.8 Å². The summed E-state index contributed by atoms with van der Waals surface area (Å²) in [5, 5.41) is 17.7. The second-order valence-corrected chi connectivity index (χ2v) is 9.74. The fraction of sp³-hybridized carbons (Fsp3) is 0.536. The van der Waals surface area contributed by atoms with Gasteiger partial charge in [0.05, 0.1) is 26.2 Å². The first kappa shape index (κ1) is 26.1. The predicted octanol–water partition coefficient (Wildman–Crippen LogP) is 3.48. The van der Waals surface area contributed by atoms with Crippen LogP contribution in [0.3, 0.4) is 0 Å². The van der Waals surface area contributed by atoms with Gasteiger partial charge in [-0.25, -0.2) is 0 Å². The van der Waals surface area contributed by atoms with E-state index in [9.17, 15) is 9.90 Å². The summed E-state index contributed by atoms with van der Waals surface area (Å²) >= 11 is 0. The molecule has 2 aromatic carbocycles. The van der Waals surface area contributed by atoms with Gasteiger partial charge in [0.2, 0.25) is 5.91 Å². The molecule has 4 rings (SSSR count). The Morgan fingerprint density at radius 1 is 1.08 bits per heavy atom. The van der Waals surface area contributed by atoms with E-state index in [1.807, 2.05) is 24.3 Å². The summed E-state index contributed by atoms with van der Waals surface area (Å²) in [6.45, 7) is 4.86. The standard InChI is InChI=1S/C28H38N2O6/c1-19-3-4-20(15-19)17-29-18-24(28(32)21-5-10-25-26(16-21)36-14-13-35-25)30-27(31)11-12-34-23-8-6-22(33-2)7-9-23/h5-10,16,19-20,24,28-29,32H,3-4,11-15,17-18H2,1-2H3,(H,30,31)/t19-,20+,24+,28+/m0/s1. The van der Waals surface area contributed by atoms with E-state index in [-0.39, 0.29) is 18.9 Å². The lowest BCUT2D eigenvalue weighted by molar-refractivity contribution is -0.123. The summed E-state index contributed by atoms with van der Waals surface area (Å²) in [7, 11) is 1.61. The first-order valence-electron chi connectivity index (χ1n) is 12.9. The van der Waals surface area contributed by atoms with Crippen molar-refractivity contribution in [3.05, 3.63) is 48.0 Å². The van der Waals surface area contributed by atoms with Gasteiger partial charge in [-0.1, -0.05) is 19.4 Å². The van der Waals surface area contributed by atoms with E-state index in [4.69, 9.17) is 18.9 Å². The molecular weight excluding hydrogens is 460 g/mol. The molecule has 1 fully saturated rings. The van der Waals surface area contributed by atoms with Crippen LogP contribution in [0.15, 0.2) is 42.5 Å². The van der Waals surface area contributed by atoms with Crippen molar-refractivity contribution in [3.63, 3.8) is 0 Å². The topological polar surface area (TPSA) is 98.3 Å². The molecule has 1 heterocycles. The number of rotatable bonds is 12. The normalized spacial score (nSPS) is 20.4. The highest BCUT2D eigenvalue weighted by Crippen LogP contribution is 2.33. The molecule has 36 heavy (non-hydrogen) atoms. The Balaban J connectivity index is 1.34. The minimum atomic E-state index is -0.901. The number of carbonyl (C=O) groups excluding carboxylic acids is 1. The van der Waals surface area contributed by atoms with Crippen LogP contribution in [0.25, 0.3) is 0 Å². The number of nitrogens with one attached hydrogen (secondary N) is 2. The maximum Gasteiger partial charge on any atom is 0.223 e. The molecule has 1 aliphatic carbocycles. The van der Waals surface area contributed by atoms with Gasteiger partial charge in [0, 0.05) is 6.54 Å². The molecule has 0 spiro atoms. The third-order valence-corrected chi connectivity index (χ3v) is 6.89. The molecule has 0 saturated heterocycles. The number of aliphatic hydroxyl groups excluding tert-OH is 1. The lowest BCUT2D eigenvalue weighted by Gasteiger charge is -2.27. The van der Waals surface area contributed by atoms with Crippen molar-refractivity contribution in [1.82, 2.24) is 10.6 Å². The Morgan fingerprint density at radius 3 is 2.56 bits per heavy atom. The second kappa shape index (κ2) is 12.8. The summed E-state index contributed by atoms with van der Waals surface area (Å²) in [5.41, 5.74) is 0.676. The Hall–Kier alpha value is -2.97. The smallest absolute Gasteiger partial charge is 0.223 e. The molecule has 1 saturated carbocycles. The number of ether oxygens (including phenoxy) is 4. The average molecular weight is 499 g/mol. The predicted molar refractivity (Wildman–Crippen MR) is 137 cm³/mol.